The molecular weight excluding hydrogens is 230 g/mol. The van der Waals surface area contributed by atoms with Crippen molar-refractivity contribution in [2.75, 3.05) is 13.7 Å². The molecular formula is C14H25NO3. The summed E-state index contributed by atoms with van der Waals surface area (Å²) in [5.41, 5.74) is 0. The van der Waals surface area contributed by atoms with Crippen molar-refractivity contribution in [2.45, 2.75) is 51.9 Å². The molecule has 1 saturated carbocycles. The first-order valence-electron chi connectivity index (χ1n) is 6.98. The van der Waals surface area contributed by atoms with Gasteiger partial charge in [0.15, 0.2) is 0 Å². The van der Waals surface area contributed by atoms with Crippen LogP contribution in [0, 0.1) is 11.8 Å². The molecule has 1 fully saturated rings. The van der Waals surface area contributed by atoms with Crippen molar-refractivity contribution in [2.24, 2.45) is 11.8 Å². The third kappa shape index (κ3) is 5.52. The van der Waals surface area contributed by atoms with Crippen molar-refractivity contribution in [3.05, 3.63) is 0 Å². The lowest BCUT2D eigenvalue weighted by Crippen LogP contribution is -2.29. The Bertz CT molecular complexity index is 272. The minimum atomic E-state index is -0.357. The molecule has 4 nitrogen and oxygen atoms in total. The first-order chi connectivity index (χ1) is 8.63. The monoisotopic (exact) mass is 255 g/mol. The van der Waals surface area contributed by atoms with E-state index in [4.69, 9.17) is 0 Å². The smallest absolute Gasteiger partial charge is 0.308 e. The average molecular weight is 255 g/mol. The Kier molecular flexibility index (Phi) is 6.76. The van der Waals surface area contributed by atoms with E-state index in [-0.39, 0.29) is 24.2 Å². The third-order valence-electron chi connectivity index (χ3n) is 3.69. The molecule has 0 saturated heterocycles. The predicted molar refractivity (Wildman–Crippen MR) is 70.0 cm³/mol. The van der Waals surface area contributed by atoms with Gasteiger partial charge >= 0.3 is 5.97 Å². The minimum absolute atomic E-state index is 0.0521. The molecule has 0 unspecified atom stereocenters. The quantitative estimate of drug-likeness (QED) is 0.741. The molecule has 1 amide bonds. The van der Waals surface area contributed by atoms with Crippen LogP contribution in [0.1, 0.15) is 51.9 Å². The number of hydrogen-bond donors (Lipinski definition) is 1. The summed E-state index contributed by atoms with van der Waals surface area (Å²) in [7, 11) is 1.35. The van der Waals surface area contributed by atoms with E-state index in [1.807, 2.05) is 0 Å². The van der Waals surface area contributed by atoms with Crippen molar-refractivity contribution in [1.29, 1.82) is 0 Å². The topological polar surface area (TPSA) is 55.4 Å². The number of ether oxygens (including phenoxy) is 1. The summed E-state index contributed by atoms with van der Waals surface area (Å²) in [5, 5.41) is 2.89. The van der Waals surface area contributed by atoms with Gasteiger partial charge in [-0.2, -0.15) is 0 Å². The second-order valence-corrected chi connectivity index (χ2v) is 5.27. The number of amides is 1. The summed E-state index contributed by atoms with van der Waals surface area (Å²) in [6, 6.07) is 0. The van der Waals surface area contributed by atoms with Gasteiger partial charge in [0.2, 0.25) is 5.91 Å². The molecule has 0 heterocycles. The summed E-state index contributed by atoms with van der Waals surface area (Å²) >= 11 is 0. The fourth-order valence-corrected chi connectivity index (χ4v) is 2.53. The summed E-state index contributed by atoms with van der Waals surface area (Å²) in [6.07, 6.45) is 7.91. The van der Waals surface area contributed by atoms with Gasteiger partial charge in [0.25, 0.3) is 0 Å². The van der Waals surface area contributed by atoms with Crippen LogP contribution < -0.4 is 5.32 Å². The zero-order valence-corrected chi connectivity index (χ0v) is 11.5. The van der Waals surface area contributed by atoms with Gasteiger partial charge < -0.3 is 10.1 Å². The Morgan fingerprint density at radius 2 is 1.94 bits per heavy atom. The first kappa shape index (κ1) is 15.0. The standard InChI is InChI=1S/C14H25NO3/c1-11(14(17)18-2)10-13(16)15-9-8-12-6-4-3-5-7-12/h11-12H,3-10H2,1-2H3,(H,15,16)/t11-/m0/s1. The number of hydrogen-bond acceptors (Lipinski definition) is 3. The van der Waals surface area contributed by atoms with Crippen LogP contribution in [0.3, 0.4) is 0 Å². The second-order valence-electron chi connectivity index (χ2n) is 5.27. The largest absolute Gasteiger partial charge is 0.469 e. The number of methoxy groups -OCH3 is 1. The summed E-state index contributed by atoms with van der Waals surface area (Å²) in [6.45, 7) is 2.45. The average Bonchev–Trinajstić information content (AvgIpc) is 2.38. The molecule has 0 aromatic rings. The maximum atomic E-state index is 11.6. The highest BCUT2D eigenvalue weighted by molar-refractivity contribution is 5.82. The first-order valence-corrected chi connectivity index (χ1v) is 6.98. The van der Waals surface area contributed by atoms with Crippen LogP contribution >= 0.6 is 0 Å². The van der Waals surface area contributed by atoms with E-state index in [0.717, 1.165) is 18.9 Å². The number of rotatable bonds is 6. The van der Waals surface area contributed by atoms with Crippen LogP contribution in [-0.2, 0) is 14.3 Å². The number of nitrogens with one attached hydrogen (secondary N) is 1. The van der Waals surface area contributed by atoms with Crippen LogP contribution in [-0.4, -0.2) is 25.5 Å². The van der Waals surface area contributed by atoms with Gasteiger partial charge in [-0.1, -0.05) is 39.0 Å². The fourth-order valence-electron chi connectivity index (χ4n) is 2.53. The number of carbonyl (C=O) groups is 2. The van der Waals surface area contributed by atoms with Crippen molar-refractivity contribution in [1.82, 2.24) is 5.32 Å². The Labute approximate surface area is 109 Å². The van der Waals surface area contributed by atoms with Crippen molar-refractivity contribution in [3.8, 4) is 0 Å². The molecule has 104 valence electrons. The van der Waals surface area contributed by atoms with E-state index in [1.165, 1.54) is 39.2 Å². The lowest BCUT2D eigenvalue weighted by molar-refractivity contribution is -0.146. The molecule has 1 atom stereocenters. The van der Waals surface area contributed by atoms with Gasteiger partial charge in [0.05, 0.1) is 13.0 Å². The van der Waals surface area contributed by atoms with Gasteiger partial charge in [-0.15, -0.1) is 0 Å². The minimum Gasteiger partial charge on any atom is -0.469 e. The van der Waals surface area contributed by atoms with Crippen molar-refractivity contribution in [3.63, 3.8) is 0 Å². The van der Waals surface area contributed by atoms with Crippen LogP contribution in [0.5, 0.6) is 0 Å². The molecule has 0 aromatic carbocycles. The van der Waals surface area contributed by atoms with Gasteiger partial charge in [-0.3, -0.25) is 9.59 Å². The number of esters is 1. The molecule has 1 rings (SSSR count). The van der Waals surface area contributed by atoms with E-state index in [1.54, 1.807) is 6.92 Å². The highest BCUT2D eigenvalue weighted by Crippen LogP contribution is 2.25. The normalized spacial score (nSPS) is 18.1. The zero-order chi connectivity index (χ0) is 13.4. The van der Waals surface area contributed by atoms with Crippen LogP contribution in [0.25, 0.3) is 0 Å². The molecule has 1 N–H and O–H groups in total. The van der Waals surface area contributed by atoms with Gasteiger partial charge in [-0.25, -0.2) is 0 Å². The van der Waals surface area contributed by atoms with E-state index in [9.17, 15) is 9.59 Å². The predicted octanol–water partition coefficient (Wildman–Crippen LogP) is 2.27. The van der Waals surface area contributed by atoms with Crippen molar-refractivity contribution >= 4 is 11.9 Å². The number of carbonyl (C=O) groups excluding carboxylic acids is 2. The lowest BCUT2D eigenvalue weighted by atomic mass is 9.87. The van der Waals surface area contributed by atoms with Gasteiger partial charge in [-0.05, 0) is 12.3 Å². The van der Waals surface area contributed by atoms with E-state index in [2.05, 4.69) is 10.1 Å². The van der Waals surface area contributed by atoms with E-state index >= 15 is 0 Å². The maximum Gasteiger partial charge on any atom is 0.308 e. The molecule has 18 heavy (non-hydrogen) atoms. The van der Waals surface area contributed by atoms with Crippen LogP contribution in [0.2, 0.25) is 0 Å². The van der Waals surface area contributed by atoms with E-state index in [0.29, 0.717) is 0 Å². The Balaban J connectivity index is 2.11. The Morgan fingerprint density at radius 3 is 2.56 bits per heavy atom. The molecule has 0 aliphatic heterocycles. The van der Waals surface area contributed by atoms with Gasteiger partial charge in [0.1, 0.15) is 0 Å². The summed E-state index contributed by atoms with van der Waals surface area (Å²) in [4.78, 5) is 22.8. The zero-order valence-electron chi connectivity index (χ0n) is 11.5. The lowest BCUT2D eigenvalue weighted by Gasteiger charge is -2.21. The fraction of sp³-hybridized carbons (Fsp3) is 0.857. The Morgan fingerprint density at radius 1 is 1.28 bits per heavy atom. The molecule has 0 radical (unpaired) electrons. The van der Waals surface area contributed by atoms with Crippen LogP contribution in [0.15, 0.2) is 0 Å². The molecule has 1 aliphatic carbocycles. The molecule has 0 bridgehead atoms. The van der Waals surface area contributed by atoms with Crippen LogP contribution in [0.4, 0.5) is 0 Å². The van der Waals surface area contributed by atoms with E-state index < -0.39 is 0 Å². The Hall–Kier alpha value is -1.06. The highest BCUT2D eigenvalue weighted by Gasteiger charge is 2.18. The molecule has 0 spiro atoms. The van der Waals surface area contributed by atoms with Crippen molar-refractivity contribution < 1.29 is 14.3 Å². The maximum absolute atomic E-state index is 11.6. The summed E-state index contributed by atoms with van der Waals surface area (Å²) in [5.74, 6) is 0.0444. The second kappa shape index (κ2) is 8.11. The molecule has 1 aliphatic rings. The SMILES string of the molecule is COC(=O)[C@@H](C)CC(=O)NCCC1CCCCC1. The molecule has 0 aromatic heterocycles. The third-order valence-corrected chi connectivity index (χ3v) is 3.69. The highest BCUT2D eigenvalue weighted by atomic mass is 16.5. The summed E-state index contributed by atoms with van der Waals surface area (Å²) < 4.78 is 4.59. The van der Waals surface area contributed by atoms with Gasteiger partial charge in [0, 0.05) is 13.0 Å². The molecule has 4 heteroatoms.